The van der Waals surface area contributed by atoms with E-state index >= 15 is 0 Å². The molecule has 0 unspecified atom stereocenters. The summed E-state index contributed by atoms with van der Waals surface area (Å²) < 4.78 is 6.98. The third kappa shape index (κ3) is 3.11. The van der Waals surface area contributed by atoms with Gasteiger partial charge in [0.25, 0.3) is 5.91 Å². The van der Waals surface area contributed by atoms with Gasteiger partial charge in [0.05, 0.1) is 18.5 Å². The van der Waals surface area contributed by atoms with Crippen LogP contribution in [0.15, 0.2) is 41.0 Å². The van der Waals surface area contributed by atoms with Crippen LogP contribution in [0.1, 0.15) is 32.9 Å². The van der Waals surface area contributed by atoms with Crippen molar-refractivity contribution in [2.75, 3.05) is 0 Å². The molecule has 0 aliphatic rings. The van der Waals surface area contributed by atoms with E-state index in [1.54, 1.807) is 17.0 Å². The van der Waals surface area contributed by atoms with Crippen LogP contribution in [0.2, 0.25) is 0 Å². The predicted octanol–water partition coefficient (Wildman–Crippen LogP) is 3.54. The maximum atomic E-state index is 12.3. The van der Waals surface area contributed by atoms with Gasteiger partial charge < -0.3 is 9.73 Å². The highest BCUT2D eigenvalue weighted by molar-refractivity contribution is 5.93. The number of hydrogen-bond donors (Lipinski definition) is 1. The molecule has 0 aliphatic carbocycles. The number of benzene rings is 1. The number of rotatable bonds is 4. The molecular formula is C19H21N3O2. The van der Waals surface area contributed by atoms with Crippen LogP contribution in [0.25, 0.3) is 11.3 Å². The third-order valence-electron chi connectivity index (χ3n) is 4.05. The van der Waals surface area contributed by atoms with Gasteiger partial charge in [-0.2, -0.15) is 5.10 Å². The molecule has 0 fully saturated rings. The number of aromatic nitrogens is 2. The highest BCUT2D eigenvalue weighted by Gasteiger charge is 2.17. The molecule has 3 aromatic rings. The lowest BCUT2D eigenvalue weighted by molar-refractivity contribution is 0.0942. The Morgan fingerprint density at radius 2 is 1.92 bits per heavy atom. The van der Waals surface area contributed by atoms with Gasteiger partial charge in [-0.3, -0.25) is 9.48 Å². The Bertz CT molecular complexity index is 853. The zero-order chi connectivity index (χ0) is 17.3. The second-order valence-corrected chi connectivity index (χ2v) is 6.07. The number of aryl methyl sites for hydroxylation is 4. The van der Waals surface area contributed by atoms with Gasteiger partial charge in [0.15, 0.2) is 5.69 Å². The number of carbonyl (C=O) groups excluding carboxylic acids is 1. The van der Waals surface area contributed by atoms with Crippen molar-refractivity contribution >= 4 is 5.91 Å². The molecule has 1 aromatic carbocycles. The SMILES string of the molecule is Cc1cc(C)c(-c2cc(C(=O)NCc3ccco3)nn2C)c(C)c1. The van der Waals surface area contributed by atoms with Crippen molar-refractivity contribution in [3.63, 3.8) is 0 Å². The fourth-order valence-electron chi connectivity index (χ4n) is 3.07. The molecule has 5 heteroatoms. The zero-order valence-corrected chi connectivity index (χ0v) is 14.4. The highest BCUT2D eigenvalue weighted by Crippen LogP contribution is 2.28. The van der Waals surface area contributed by atoms with Crippen molar-refractivity contribution in [3.05, 3.63) is 64.7 Å². The zero-order valence-electron chi connectivity index (χ0n) is 14.4. The summed E-state index contributed by atoms with van der Waals surface area (Å²) in [7, 11) is 1.86. The van der Waals surface area contributed by atoms with E-state index in [1.807, 2.05) is 19.2 Å². The largest absolute Gasteiger partial charge is 0.467 e. The monoisotopic (exact) mass is 323 g/mol. The summed E-state index contributed by atoms with van der Waals surface area (Å²) >= 11 is 0. The maximum absolute atomic E-state index is 12.3. The normalized spacial score (nSPS) is 10.8. The second kappa shape index (κ2) is 6.35. The van der Waals surface area contributed by atoms with E-state index in [0.29, 0.717) is 18.0 Å². The molecule has 124 valence electrons. The van der Waals surface area contributed by atoms with Crippen molar-refractivity contribution in [1.82, 2.24) is 15.1 Å². The van der Waals surface area contributed by atoms with Gasteiger partial charge in [-0.15, -0.1) is 0 Å². The van der Waals surface area contributed by atoms with Crippen molar-refractivity contribution in [1.29, 1.82) is 0 Å². The van der Waals surface area contributed by atoms with Crippen LogP contribution in [0, 0.1) is 20.8 Å². The van der Waals surface area contributed by atoms with E-state index in [-0.39, 0.29) is 5.91 Å². The Kier molecular flexibility index (Phi) is 4.25. The van der Waals surface area contributed by atoms with E-state index in [4.69, 9.17) is 4.42 Å². The van der Waals surface area contributed by atoms with Gasteiger partial charge in [-0.25, -0.2) is 0 Å². The lowest BCUT2D eigenvalue weighted by atomic mass is 9.97. The quantitative estimate of drug-likeness (QED) is 0.799. The number of amides is 1. The number of nitrogens with zero attached hydrogens (tertiary/aromatic N) is 2. The first kappa shape index (κ1) is 16.1. The lowest BCUT2D eigenvalue weighted by Crippen LogP contribution is -2.23. The van der Waals surface area contributed by atoms with Crippen LogP contribution in [-0.4, -0.2) is 15.7 Å². The minimum absolute atomic E-state index is 0.212. The molecule has 1 amide bonds. The summed E-state index contributed by atoms with van der Waals surface area (Å²) in [6.07, 6.45) is 1.59. The van der Waals surface area contributed by atoms with Crippen molar-refractivity contribution in [2.24, 2.45) is 7.05 Å². The molecule has 0 spiro atoms. The number of hydrogen-bond acceptors (Lipinski definition) is 3. The van der Waals surface area contributed by atoms with Crippen LogP contribution in [0.5, 0.6) is 0 Å². The molecule has 2 heterocycles. The minimum atomic E-state index is -0.212. The van der Waals surface area contributed by atoms with Crippen molar-refractivity contribution in [2.45, 2.75) is 27.3 Å². The fourth-order valence-corrected chi connectivity index (χ4v) is 3.07. The Hall–Kier alpha value is -2.82. The molecular weight excluding hydrogens is 302 g/mol. The first-order chi connectivity index (χ1) is 11.5. The van der Waals surface area contributed by atoms with Gasteiger partial charge in [0.2, 0.25) is 0 Å². The van der Waals surface area contributed by atoms with Crippen LogP contribution in [0.4, 0.5) is 0 Å². The van der Waals surface area contributed by atoms with Crippen molar-refractivity contribution in [3.8, 4) is 11.3 Å². The smallest absolute Gasteiger partial charge is 0.272 e. The number of nitrogens with one attached hydrogen (secondary N) is 1. The second-order valence-electron chi connectivity index (χ2n) is 6.07. The lowest BCUT2D eigenvalue weighted by Gasteiger charge is -2.11. The number of carbonyl (C=O) groups is 1. The van der Waals surface area contributed by atoms with Gasteiger partial charge in [0, 0.05) is 12.6 Å². The summed E-state index contributed by atoms with van der Waals surface area (Å²) in [6.45, 7) is 6.60. The Labute approximate surface area is 141 Å². The molecule has 2 aromatic heterocycles. The van der Waals surface area contributed by atoms with Gasteiger partial charge >= 0.3 is 0 Å². The summed E-state index contributed by atoms with van der Waals surface area (Å²) in [4.78, 5) is 12.3. The average Bonchev–Trinajstić information content (AvgIpc) is 3.14. The molecule has 0 saturated carbocycles. The minimum Gasteiger partial charge on any atom is -0.467 e. The summed E-state index contributed by atoms with van der Waals surface area (Å²) in [5.74, 6) is 0.500. The predicted molar refractivity (Wildman–Crippen MR) is 92.7 cm³/mol. The van der Waals surface area contributed by atoms with Crippen LogP contribution in [-0.2, 0) is 13.6 Å². The van der Waals surface area contributed by atoms with Gasteiger partial charge in [-0.05, 0) is 50.1 Å². The Morgan fingerprint density at radius 3 is 2.54 bits per heavy atom. The van der Waals surface area contributed by atoms with Gasteiger partial charge in [-0.1, -0.05) is 17.7 Å². The summed E-state index contributed by atoms with van der Waals surface area (Å²) in [6, 6.07) is 9.74. The summed E-state index contributed by atoms with van der Waals surface area (Å²) in [5.41, 5.74) is 6.05. The molecule has 0 atom stereocenters. The Morgan fingerprint density at radius 1 is 1.21 bits per heavy atom. The standard InChI is InChI=1S/C19H21N3O2/c1-12-8-13(2)18(14(3)9-12)17-10-16(21-22(17)4)19(23)20-11-15-6-5-7-24-15/h5-10H,11H2,1-4H3,(H,20,23). The topological polar surface area (TPSA) is 60.1 Å². The van der Waals surface area contributed by atoms with E-state index < -0.39 is 0 Å². The molecule has 0 saturated heterocycles. The molecule has 3 rings (SSSR count). The maximum Gasteiger partial charge on any atom is 0.272 e. The van der Waals surface area contributed by atoms with E-state index in [9.17, 15) is 4.79 Å². The first-order valence-corrected chi connectivity index (χ1v) is 7.88. The highest BCUT2D eigenvalue weighted by atomic mass is 16.3. The van der Waals surface area contributed by atoms with Crippen molar-refractivity contribution < 1.29 is 9.21 Å². The fraction of sp³-hybridized carbons (Fsp3) is 0.263. The number of furan rings is 1. The molecule has 24 heavy (non-hydrogen) atoms. The van der Waals surface area contributed by atoms with E-state index in [2.05, 4.69) is 43.3 Å². The van der Waals surface area contributed by atoms with Gasteiger partial charge in [0.1, 0.15) is 5.76 Å². The van der Waals surface area contributed by atoms with Crippen LogP contribution >= 0.6 is 0 Å². The first-order valence-electron chi connectivity index (χ1n) is 7.88. The molecule has 0 radical (unpaired) electrons. The molecule has 5 nitrogen and oxygen atoms in total. The molecule has 1 N–H and O–H groups in total. The molecule has 0 aliphatic heterocycles. The van der Waals surface area contributed by atoms with E-state index in [1.165, 1.54) is 16.7 Å². The Balaban J connectivity index is 1.86. The average molecular weight is 323 g/mol. The van der Waals surface area contributed by atoms with Crippen LogP contribution in [0.3, 0.4) is 0 Å². The molecule has 0 bridgehead atoms. The van der Waals surface area contributed by atoms with E-state index in [0.717, 1.165) is 11.3 Å². The third-order valence-corrected chi connectivity index (χ3v) is 4.05. The van der Waals surface area contributed by atoms with Crippen LogP contribution < -0.4 is 5.32 Å². The summed E-state index contributed by atoms with van der Waals surface area (Å²) in [5, 5.41) is 7.19.